The molecule has 3 aromatic carbocycles. The first kappa shape index (κ1) is 19.8. The molecule has 146 valence electrons. The first-order valence-corrected chi connectivity index (χ1v) is 8.88. The summed E-state index contributed by atoms with van der Waals surface area (Å²) in [5.74, 6) is -0.915. The van der Waals surface area contributed by atoms with Crippen LogP contribution in [0.5, 0.6) is 5.75 Å². The maximum atomic E-state index is 12.8. The van der Waals surface area contributed by atoms with Gasteiger partial charge < -0.3 is 14.8 Å². The lowest BCUT2D eigenvalue weighted by molar-refractivity contribution is -0.119. The van der Waals surface area contributed by atoms with Gasteiger partial charge in [-0.3, -0.25) is 9.59 Å². The summed E-state index contributed by atoms with van der Waals surface area (Å²) in [4.78, 5) is 37.3. The maximum Gasteiger partial charge on any atom is 0.339 e. The predicted molar refractivity (Wildman–Crippen MR) is 108 cm³/mol. The largest absolute Gasteiger partial charge is 0.497 e. The molecule has 6 nitrogen and oxygen atoms in total. The third kappa shape index (κ3) is 5.07. The molecule has 0 fully saturated rings. The van der Waals surface area contributed by atoms with Crippen LogP contribution in [0, 0.1) is 0 Å². The minimum atomic E-state index is -0.745. The van der Waals surface area contributed by atoms with Gasteiger partial charge in [0.05, 0.1) is 12.7 Å². The third-order valence-electron chi connectivity index (χ3n) is 4.14. The number of hydrogen-bond acceptors (Lipinski definition) is 5. The standard InChI is InChI=1S/C23H19NO5/c1-28-18-13-11-16(12-14-18)22(26)19-9-5-6-10-20(19)23(27)29-15-21(25)24-17-7-3-2-4-8-17/h2-14H,15H2,1H3,(H,24,25). The van der Waals surface area contributed by atoms with E-state index in [4.69, 9.17) is 9.47 Å². The third-order valence-corrected chi connectivity index (χ3v) is 4.14. The topological polar surface area (TPSA) is 81.7 Å². The predicted octanol–water partition coefficient (Wildman–Crippen LogP) is 3.72. The van der Waals surface area contributed by atoms with E-state index in [1.54, 1.807) is 66.7 Å². The zero-order valence-electron chi connectivity index (χ0n) is 15.8. The number of para-hydroxylation sites is 1. The number of esters is 1. The fourth-order valence-electron chi connectivity index (χ4n) is 2.68. The lowest BCUT2D eigenvalue weighted by atomic mass is 9.98. The van der Waals surface area contributed by atoms with E-state index in [-0.39, 0.29) is 16.9 Å². The van der Waals surface area contributed by atoms with Crippen molar-refractivity contribution in [2.24, 2.45) is 0 Å². The number of methoxy groups -OCH3 is 1. The zero-order chi connectivity index (χ0) is 20.6. The second kappa shape index (κ2) is 9.32. The molecule has 0 atom stereocenters. The average molecular weight is 389 g/mol. The number of nitrogens with one attached hydrogen (secondary N) is 1. The van der Waals surface area contributed by atoms with Gasteiger partial charge in [-0.25, -0.2) is 4.79 Å². The van der Waals surface area contributed by atoms with Crippen molar-refractivity contribution in [3.8, 4) is 5.75 Å². The van der Waals surface area contributed by atoms with Gasteiger partial charge in [-0.05, 0) is 42.5 Å². The molecule has 6 heteroatoms. The fourth-order valence-corrected chi connectivity index (χ4v) is 2.68. The van der Waals surface area contributed by atoms with Gasteiger partial charge in [-0.1, -0.05) is 36.4 Å². The lowest BCUT2D eigenvalue weighted by Crippen LogP contribution is -2.22. The van der Waals surface area contributed by atoms with E-state index in [1.165, 1.54) is 13.2 Å². The molecular formula is C23H19NO5. The molecule has 0 aliphatic carbocycles. The lowest BCUT2D eigenvalue weighted by Gasteiger charge is -2.10. The Morgan fingerprint density at radius 1 is 0.793 bits per heavy atom. The number of ether oxygens (including phenoxy) is 2. The number of ketones is 1. The first-order valence-electron chi connectivity index (χ1n) is 8.88. The van der Waals surface area contributed by atoms with E-state index in [0.717, 1.165) is 0 Å². The molecule has 0 saturated carbocycles. The van der Waals surface area contributed by atoms with Crippen molar-refractivity contribution in [1.82, 2.24) is 0 Å². The molecule has 1 amide bonds. The highest BCUT2D eigenvalue weighted by atomic mass is 16.5. The number of amides is 1. The molecule has 0 aliphatic heterocycles. The van der Waals surface area contributed by atoms with E-state index < -0.39 is 18.5 Å². The monoisotopic (exact) mass is 389 g/mol. The minimum Gasteiger partial charge on any atom is -0.497 e. The van der Waals surface area contributed by atoms with Gasteiger partial charge in [0.2, 0.25) is 0 Å². The Hall–Kier alpha value is -3.93. The summed E-state index contributed by atoms with van der Waals surface area (Å²) in [6.45, 7) is -0.460. The van der Waals surface area contributed by atoms with Gasteiger partial charge >= 0.3 is 5.97 Å². The Morgan fingerprint density at radius 3 is 2.07 bits per heavy atom. The summed E-state index contributed by atoms with van der Waals surface area (Å²) in [6, 6.07) is 21.8. The van der Waals surface area contributed by atoms with E-state index in [1.807, 2.05) is 6.07 Å². The van der Waals surface area contributed by atoms with Gasteiger partial charge in [-0.15, -0.1) is 0 Å². The van der Waals surface area contributed by atoms with E-state index >= 15 is 0 Å². The Labute approximate surface area is 168 Å². The Morgan fingerprint density at radius 2 is 1.41 bits per heavy atom. The quantitative estimate of drug-likeness (QED) is 0.492. The summed E-state index contributed by atoms with van der Waals surface area (Å²) < 4.78 is 10.2. The van der Waals surface area contributed by atoms with Crippen LogP contribution in [0.1, 0.15) is 26.3 Å². The Kier molecular flexibility index (Phi) is 6.37. The molecule has 0 aromatic heterocycles. The highest BCUT2D eigenvalue weighted by Crippen LogP contribution is 2.18. The molecule has 3 rings (SSSR count). The second-order valence-corrected chi connectivity index (χ2v) is 6.09. The average Bonchev–Trinajstić information content (AvgIpc) is 2.77. The van der Waals surface area contributed by atoms with Crippen LogP contribution in [0.2, 0.25) is 0 Å². The van der Waals surface area contributed by atoms with Crippen LogP contribution in [-0.2, 0) is 9.53 Å². The number of carbonyl (C=O) groups excluding carboxylic acids is 3. The summed E-state index contributed by atoms with van der Waals surface area (Å²) in [5, 5.41) is 2.63. The minimum absolute atomic E-state index is 0.0980. The molecule has 0 unspecified atom stereocenters. The summed E-state index contributed by atoms with van der Waals surface area (Å²) >= 11 is 0. The van der Waals surface area contributed by atoms with Crippen molar-refractivity contribution in [1.29, 1.82) is 0 Å². The normalized spacial score (nSPS) is 10.1. The number of anilines is 1. The summed E-state index contributed by atoms with van der Waals surface area (Å²) in [6.07, 6.45) is 0. The van der Waals surface area contributed by atoms with Crippen LogP contribution >= 0.6 is 0 Å². The van der Waals surface area contributed by atoms with Crippen LogP contribution in [-0.4, -0.2) is 31.4 Å². The highest BCUT2D eigenvalue weighted by molar-refractivity contribution is 6.14. The van der Waals surface area contributed by atoms with Crippen molar-refractivity contribution in [2.45, 2.75) is 0 Å². The van der Waals surface area contributed by atoms with Gasteiger partial charge in [-0.2, -0.15) is 0 Å². The summed E-state index contributed by atoms with van der Waals surface area (Å²) in [5.41, 5.74) is 1.31. The number of carbonyl (C=O) groups is 3. The molecule has 0 aliphatic rings. The number of hydrogen-bond donors (Lipinski definition) is 1. The zero-order valence-corrected chi connectivity index (χ0v) is 15.8. The van der Waals surface area contributed by atoms with Gasteiger partial charge in [0.1, 0.15) is 5.75 Å². The molecule has 29 heavy (non-hydrogen) atoms. The molecule has 1 N–H and O–H groups in total. The van der Waals surface area contributed by atoms with Gasteiger partial charge in [0.15, 0.2) is 12.4 Å². The van der Waals surface area contributed by atoms with Gasteiger partial charge in [0.25, 0.3) is 5.91 Å². The smallest absolute Gasteiger partial charge is 0.339 e. The van der Waals surface area contributed by atoms with Crippen molar-refractivity contribution in [2.75, 3.05) is 19.0 Å². The van der Waals surface area contributed by atoms with E-state index in [2.05, 4.69) is 5.32 Å². The van der Waals surface area contributed by atoms with Crippen LogP contribution < -0.4 is 10.1 Å². The fraction of sp³-hybridized carbons (Fsp3) is 0.0870. The highest BCUT2D eigenvalue weighted by Gasteiger charge is 2.20. The number of benzene rings is 3. The van der Waals surface area contributed by atoms with Crippen molar-refractivity contribution in [3.05, 3.63) is 95.6 Å². The molecular weight excluding hydrogens is 370 g/mol. The second-order valence-electron chi connectivity index (χ2n) is 6.09. The van der Waals surface area contributed by atoms with Crippen LogP contribution in [0.4, 0.5) is 5.69 Å². The maximum absolute atomic E-state index is 12.8. The van der Waals surface area contributed by atoms with Crippen LogP contribution in [0.25, 0.3) is 0 Å². The molecule has 0 saturated heterocycles. The molecule has 0 bridgehead atoms. The first-order chi connectivity index (χ1) is 14.1. The molecule has 0 spiro atoms. The molecule has 3 aromatic rings. The van der Waals surface area contributed by atoms with Crippen LogP contribution in [0.15, 0.2) is 78.9 Å². The molecule has 0 radical (unpaired) electrons. The SMILES string of the molecule is COc1ccc(C(=O)c2ccccc2C(=O)OCC(=O)Nc2ccccc2)cc1. The van der Waals surface area contributed by atoms with E-state index in [0.29, 0.717) is 17.0 Å². The van der Waals surface area contributed by atoms with Crippen LogP contribution in [0.3, 0.4) is 0 Å². The molecule has 0 heterocycles. The Bertz CT molecular complexity index is 1010. The van der Waals surface area contributed by atoms with Crippen molar-refractivity contribution in [3.63, 3.8) is 0 Å². The van der Waals surface area contributed by atoms with Crippen molar-refractivity contribution >= 4 is 23.3 Å². The van der Waals surface area contributed by atoms with E-state index in [9.17, 15) is 14.4 Å². The number of rotatable bonds is 7. The Balaban J connectivity index is 1.69. The van der Waals surface area contributed by atoms with Gasteiger partial charge in [0, 0.05) is 16.8 Å². The summed E-state index contributed by atoms with van der Waals surface area (Å²) in [7, 11) is 1.54. The van der Waals surface area contributed by atoms with Crippen molar-refractivity contribution < 1.29 is 23.9 Å².